The van der Waals surface area contributed by atoms with Crippen LogP contribution in [0.15, 0.2) is 40.9 Å². The highest BCUT2D eigenvalue weighted by molar-refractivity contribution is 5.94. The van der Waals surface area contributed by atoms with Crippen LogP contribution in [0.1, 0.15) is 36.1 Å². The third-order valence-corrected chi connectivity index (χ3v) is 5.04. The van der Waals surface area contributed by atoms with E-state index in [-0.39, 0.29) is 5.91 Å². The Hall–Kier alpha value is -2.96. The number of aryl methyl sites for hydroxylation is 1. The van der Waals surface area contributed by atoms with Crippen molar-refractivity contribution in [2.45, 2.75) is 26.2 Å². The van der Waals surface area contributed by atoms with E-state index in [9.17, 15) is 4.79 Å². The molecule has 1 amide bonds. The third-order valence-electron chi connectivity index (χ3n) is 5.04. The Morgan fingerprint density at radius 3 is 2.78 bits per heavy atom. The number of rotatable bonds is 5. The zero-order valence-electron chi connectivity index (χ0n) is 15.4. The summed E-state index contributed by atoms with van der Waals surface area (Å²) < 4.78 is 5.19. The van der Waals surface area contributed by atoms with Crippen molar-refractivity contribution < 1.29 is 9.32 Å². The van der Waals surface area contributed by atoms with Crippen LogP contribution in [0.25, 0.3) is 10.9 Å². The van der Waals surface area contributed by atoms with E-state index in [1.54, 1.807) is 6.07 Å². The van der Waals surface area contributed by atoms with Gasteiger partial charge in [0.2, 0.25) is 5.89 Å². The van der Waals surface area contributed by atoms with Crippen LogP contribution >= 0.6 is 0 Å². The van der Waals surface area contributed by atoms with E-state index in [1.807, 2.05) is 37.3 Å². The molecule has 7 heteroatoms. The van der Waals surface area contributed by atoms with Gasteiger partial charge in [0, 0.05) is 31.4 Å². The summed E-state index contributed by atoms with van der Waals surface area (Å²) in [6.07, 6.45) is 2.72. The number of carbonyl (C=O) groups excluding carboxylic acids is 1. The first-order chi connectivity index (χ1) is 13.2. The van der Waals surface area contributed by atoms with Gasteiger partial charge in [0.1, 0.15) is 5.69 Å². The van der Waals surface area contributed by atoms with Gasteiger partial charge in [-0.25, -0.2) is 4.98 Å². The molecule has 27 heavy (non-hydrogen) atoms. The summed E-state index contributed by atoms with van der Waals surface area (Å²) in [6, 6.07) is 11.5. The van der Waals surface area contributed by atoms with Crippen LogP contribution in [0, 0.1) is 5.92 Å². The lowest BCUT2D eigenvalue weighted by atomic mass is 9.97. The summed E-state index contributed by atoms with van der Waals surface area (Å²) in [4.78, 5) is 23.4. The molecule has 0 saturated carbocycles. The number of hydrogen-bond donors (Lipinski definition) is 1. The number of amides is 1. The number of fused-ring (bicyclic) bond motifs is 1. The second-order valence-corrected chi connectivity index (χ2v) is 6.87. The molecule has 3 heterocycles. The van der Waals surface area contributed by atoms with Crippen LogP contribution in [0.2, 0.25) is 0 Å². The lowest BCUT2D eigenvalue weighted by Gasteiger charge is -2.30. The highest BCUT2D eigenvalue weighted by Gasteiger charge is 2.23. The Morgan fingerprint density at radius 2 is 2.00 bits per heavy atom. The summed E-state index contributed by atoms with van der Waals surface area (Å²) in [6.45, 7) is 4.40. The van der Waals surface area contributed by atoms with Crippen molar-refractivity contribution in [3.05, 3.63) is 48.0 Å². The van der Waals surface area contributed by atoms with Gasteiger partial charge in [-0.2, -0.15) is 4.98 Å². The predicted octanol–water partition coefficient (Wildman–Crippen LogP) is 2.83. The van der Waals surface area contributed by atoms with Crippen LogP contribution in [0.4, 0.5) is 5.95 Å². The number of pyridine rings is 1. The van der Waals surface area contributed by atoms with Crippen LogP contribution in [-0.4, -0.2) is 40.7 Å². The molecular formula is C20H23N5O2. The second kappa shape index (κ2) is 7.73. The Kier molecular flexibility index (Phi) is 5.00. The van der Waals surface area contributed by atoms with Gasteiger partial charge in [0.15, 0.2) is 0 Å². The lowest BCUT2D eigenvalue weighted by molar-refractivity contribution is 0.0940. The Labute approximate surface area is 157 Å². The zero-order valence-corrected chi connectivity index (χ0v) is 15.4. The molecule has 140 valence electrons. The van der Waals surface area contributed by atoms with Gasteiger partial charge in [-0.05, 0) is 36.0 Å². The third kappa shape index (κ3) is 3.92. The van der Waals surface area contributed by atoms with Crippen molar-refractivity contribution in [1.82, 2.24) is 20.4 Å². The average Bonchev–Trinajstić information content (AvgIpc) is 3.21. The van der Waals surface area contributed by atoms with Crippen LogP contribution in [0.3, 0.4) is 0 Å². The standard InChI is InChI=1S/C20H23N5O2/c1-2-18-23-20(24-27-18)25-11-9-14(10-12-25)13-21-19(26)17-8-7-15-5-3-4-6-16(15)22-17/h3-8,14H,2,9-13H2,1H3,(H,21,26). The molecule has 0 atom stereocenters. The van der Waals surface area contributed by atoms with Crippen molar-refractivity contribution in [1.29, 1.82) is 0 Å². The van der Waals surface area contributed by atoms with Gasteiger partial charge < -0.3 is 14.7 Å². The van der Waals surface area contributed by atoms with E-state index in [0.29, 0.717) is 30.0 Å². The maximum atomic E-state index is 12.4. The number of carbonyl (C=O) groups is 1. The van der Waals surface area contributed by atoms with Crippen molar-refractivity contribution >= 4 is 22.8 Å². The lowest BCUT2D eigenvalue weighted by Crippen LogP contribution is -2.39. The first kappa shape index (κ1) is 17.5. The normalized spacial score (nSPS) is 15.2. The number of nitrogens with one attached hydrogen (secondary N) is 1. The first-order valence-electron chi connectivity index (χ1n) is 9.44. The van der Waals surface area contributed by atoms with E-state index in [2.05, 4.69) is 25.3 Å². The Morgan fingerprint density at radius 1 is 1.19 bits per heavy atom. The van der Waals surface area contributed by atoms with Gasteiger partial charge in [-0.1, -0.05) is 31.2 Å². The molecule has 1 saturated heterocycles. The number of para-hydroxylation sites is 1. The van der Waals surface area contributed by atoms with Crippen LogP contribution in [0.5, 0.6) is 0 Å². The summed E-state index contributed by atoms with van der Waals surface area (Å²) in [5.41, 5.74) is 1.30. The van der Waals surface area contributed by atoms with Crippen molar-refractivity contribution in [3.63, 3.8) is 0 Å². The molecule has 1 N–H and O–H groups in total. The van der Waals surface area contributed by atoms with E-state index < -0.39 is 0 Å². The van der Waals surface area contributed by atoms with E-state index in [1.165, 1.54) is 0 Å². The van der Waals surface area contributed by atoms with Gasteiger partial charge in [0.05, 0.1) is 5.52 Å². The molecular weight excluding hydrogens is 342 g/mol. The average molecular weight is 365 g/mol. The molecule has 1 aliphatic rings. The molecule has 0 radical (unpaired) electrons. The molecule has 1 fully saturated rings. The predicted molar refractivity (Wildman–Crippen MR) is 103 cm³/mol. The number of hydrogen-bond acceptors (Lipinski definition) is 6. The first-order valence-corrected chi connectivity index (χ1v) is 9.44. The maximum absolute atomic E-state index is 12.4. The summed E-state index contributed by atoms with van der Waals surface area (Å²) >= 11 is 0. The number of piperidine rings is 1. The summed E-state index contributed by atoms with van der Waals surface area (Å²) in [5, 5.41) is 8.10. The highest BCUT2D eigenvalue weighted by atomic mass is 16.5. The molecule has 3 aromatic rings. The molecule has 0 aliphatic carbocycles. The quantitative estimate of drug-likeness (QED) is 0.748. The summed E-state index contributed by atoms with van der Waals surface area (Å²) in [7, 11) is 0. The molecule has 2 aromatic heterocycles. The highest BCUT2D eigenvalue weighted by Crippen LogP contribution is 2.21. The van der Waals surface area contributed by atoms with Gasteiger partial charge in [-0.15, -0.1) is 0 Å². The number of benzene rings is 1. The SMILES string of the molecule is CCc1nc(N2CCC(CNC(=O)c3ccc4ccccc4n3)CC2)no1. The van der Waals surface area contributed by atoms with Crippen LogP contribution < -0.4 is 10.2 Å². The summed E-state index contributed by atoms with van der Waals surface area (Å²) in [5.74, 6) is 1.68. The Bertz CT molecular complexity index is 931. The largest absolute Gasteiger partial charge is 0.350 e. The molecule has 4 rings (SSSR count). The molecule has 0 bridgehead atoms. The van der Waals surface area contributed by atoms with Crippen molar-refractivity contribution in [2.75, 3.05) is 24.5 Å². The monoisotopic (exact) mass is 365 g/mol. The topological polar surface area (TPSA) is 84.2 Å². The number of aromatic nitrogens is 3. The minimum absolute atomic E-state index is 0.117. The van der Waals surface area contributed by atoms with Gasteiger partial charge in [-0.3, -0.25) is 4.79 Å². The van der Waals surface area contributed by atoms with Gasteiger partial charge in [0.25, 0.3) is 11.9 Å². The van der Waals surface area contributed by atoms with Crippen molar-refractivity contribution in [2.24, 2.45) is 5.92 Å². The number of anilines is 1. The van der Waals surface area contributed by atoms with Crippen LogP contribution in [-0.2, 0) is 6.42 Å². The van der Waals surface area contributed by atoms with E-state index in [4.69, 9.17) is 4.52 Å². The minimum atomic E-state index is -0.117. The molecule has 7 nitrogen and oxygen atoms in total. The fraction of sp³-hybridized carbons (Fsp3) is 0.400. The maximum Gasteiger partial charge on any atom is 0.269 e. The zero-order chi connectivity index (χ0) is 18.6. The minimum Gasteiger partial charge on any atom is -0.350 e. The van der Waals surface area contributed by atoms with E-state index in [0.717, 1.165) is 43.3 Å². The fourth-order valence-corrected chi connectivity index (χ4v) is 3.38. The van der Waals surface area contributed by atoms with Gasteiger partial charge >= 0.3 is 0 Å². The molecule has 1 aromatic carbocycles. The Balaban J connectivity index is 1.29. The molecule has 0 spiro atoms. The smallest absolute Gasteiger partial charge is 0.269 e. The van der Waals surface area contributed by atoms with E-state index >= 15 is 0 Å². The molecule has 0 unspecified atom stereocenters. The fourth-order valence-electron chi connectivity index (χ4n) is 3.38. The van der Waals surface area contributed by atoms with Crippen molar-refractivity contribution in [3.8, 4) is 0 Å². The molecule has 1 aliphatic heterocycles. The second-order valence-electron chi connectivity index (χ2n) is 6.87. The number of nitrogens with zero attached hydrogens (tertiary/aromatic N) is 4.